The Morgan fingerprint density at radius 3 is 2.53 bits per heavy atom. The Hall–Kier alpha value is -1.46. The Bertz CT molecular complexity index is 351. The van der Waals surface area contributed by atoms with Gasteiger partial charge in [0.2, 0.25) is 0 Å². The molecule has 6 nitrogen and oxygen atoms in total. The molecule has 3 N–H and O–H groups in total. The van der Waals surface area contributed by atoms with Crippen molar-refractivity contribution in [2.75, 3.05) is 19.6 Å². The number of nitrogens with zero attached hydrogens (tertiary/aromatic N) is 3. The third kappa shape index (κ3) is 3.11. The number of piperidine rings is 2. The van der Waals surface area contributed by atoms with Gasteiger partial charge in [-0.2, -0.15) is 0 Å². The van der Waals surface area contributed by atoms with Crippen molar-refractivity contribution < 1.29 is 10.0 Å². The van der Waals surface area contributed by atoms with Crippen LogP contribution >= 0.6 is 0 Å². The van der Waals surface area contributed by atoms with E-state index in [1.54, 1.807) is 4.90 Å². The van der Waals surface area contributed by atoms with Crippen LogP contribution in [0.25, 0.3) is 0 Å². The van der Waals surface area contributed by atoms with Crippen molar-refractivity contribution in [1.29, 1.82) is 0 Å². The number of likely N-dealkylation sites (tertiary alicyclic amines) is 2. The summed E-state index contributed by atoms with van der Waals surface area (Å²) >= 11 is 0. The van der Waals surface area contributed by atoms with E-state index >= 15 is 0 Å². The van der Waals surface area contributed by atoms with Gasteiger partial charge in [0.1, 0.15) is 0 Å². The molecule has 0 aromatic rings. The zero-order valence-corrected chi connectivity index (χ0v) is 11.6. The van der Waals surface area contributed by atoms with E-state index in [2.05, 4.69) is 12.1 Å². The number of hydrogen-bond acceptors (Lipinski definition) is 3. The van der Waals surface area contributed by atoms with Crippen molar-refractivity contribution in [2.45, 2.75) is 45.1 Å². The standard InChI is InChI=1S/C13H24N4O2/c1-10-5-8-16(9-6-10)13(18)17-7-3-2-4-11(17)12(14)15-19/h10-11,19H,2-9H2,1H3,(H2,14,15). The van der Waals surface area contributed by atoms with Crippen molar-refractivity contribution in [1.82, 2.24) is 9.80 Å². The highest BCUT2D eigenvalue weighted by atomic mass is 16.4. The zero-order valence-electron chi connectivity index (χ0n) is 11.6. The first-order valence-corrected chi connectivity index (χ1v) is 7.16. The minimum atomic E-state index is -0.245. The Labute approximate surface area is 114 Å². The summed E-state index contributed by atoms with van der Waals surface area (Å²) in [6.45, 7) is 4.56. The number of rotatable bonds is 1. The van der Waals surface area contributed by atoms with Gasteiger partial charge in [-0.15, -0.1) is 0 Å². The fraction of sp³-hybridized carbons (Fsp3) is 0.846. The summed E-state index contributed by atoms with van der Waals surface area (Å²) in [5.41, 5.74) is 5.72. The molecule has 0 aliphatic carbocycles. The molecule has 19 heavy (non-hydrogen) atoms. The molecule has 0 bridgehead atoms. The van der Waals surface area contributed by atoms with Crippen LogP contribution in [0.1, 0.15) is 39.0 Å². The SMILES string of the molecule is CC1CCN(C(=O)N2CCCCC2C(N)=NO)CC1. The molecule has 2 fully saturated rings. The number of amides is 2. The number of oxime groups is 1. The fourth-order valence-electron chi connectivity index (χ4n) is 2.92. The van der Waals surface area contributed by atoms with E-state index in [0.29, 0.717) is 12.5 Å². The Morgan fingerprint density at radius 1 is 1.21 bits per heavy atom. The lowest BCUT2D eigenvalue weighted by atomic mass is 9.98. The van der Waals surface area contributed by atoms with Gasteiger partial charge in [0.05, 0.1) is 6.04 Å². The predicted molar refractivity (Wildman–Crippen MR) is 73.1 cm³/mol. The molecule has 2 heterocycles. The Morgan fingerprint density at radius 2 is 1.89 bits per heavy atom. The van der Waals surface area contributed by atoms with Crippen LogP contribution in [0, 0.1) is 5.92 Å². The maximum atomic E-state index is 12.6. The van der Waals surface area contributed by atoms with Crippen molar-refractivity contribution in [3.05, 3.63) is 0 Å². The highest BCUT2D eigenvalue weighted by Gasteiger charge is 2.33. The molecular weight excluding hydrogens is 244 g/mol. The molecule has 108 valence electrons. The highest BCUT2D eigenvalue weighted by molar-refractivity contribution is 5.89. The van der Waals surface area contributed by atoms with E-state index in [4.69, 9.17) is 10.9 Å². The number of amidine groups is 1. The van der Waals surface area contributed by atoms with E-state index < -0.39 is 0 Å². The Kier molecular flexibility index (Phi) is 4.50. The second kappa shape index (κ2) is 6.12. The second-order valence-corrected chi connectivity index (χ2v) is 5.68. The van der Waals surface area contributed by atoms with Crippen LogP contribution in [0.4, 0.5) is 4.79 Å². The predicted octanol–water partition coefficient (Wildman–Crippen LogP) is 1.44. The molecule has 2 amide bonds. The minimum Gasteiger partial charge on any atom is -0.409 e. The lowest BCUT2D eigenvalue weighted by molar-refractivity contribution is 0.116. The normalized spacial score (nSPS) is 26.6. The summed E-state index contributed by atoms with van der Waals surface area (Å²) in [7, 11) is 0. The van der Waals surface area contributed by atoms with Crippen molar-refractivity contribution in [3.8, 4) is 0 Å². The van der Waals surface area contributed by atoms with Gasteiger partial charge in [0.15, 0.2) is 5.84 Å². The molecule has 2 aliphatic heterocycles. The fourth-order valence-corrected chi connectivity index (χ4v) is 2.92. The number of carbonyl (C=O) groups excluding carboxylic acids is 1. The van der Waals surface area contributed by atoms with E-state index in [9.17, 15) is 4.79 Å². The molecular formula is C13H24N4O2. The summed E-state index contributed by atoms with van der Waals surface area (Å²) in [5, 5.41) is 11.9. The van der Waals surface area contributed by atoms with Crippen LogP contribution in [-0.4, -0.2) is 52.5 Å². The van der Waals surface area contributed by atoms with Gasteiger partial charge in [0.25, 0.3) is 0 Å². The first kappa shape index (κ1) is 14.0. The maximum Gasteiger partial charge on any atom is 0.320 e. The molecule has 2 saturated heterocycles. The largest absolute Gasteiger partial charge is 0.409 e. The van der Waals surface area contributed by atoms with Crippen LogP contribution in [0.5, 0.6) is 0 Å². The lowest BCUT2D eigenvalue weighted by Crippen LogP contribution is -2.55. The molecule has 0 spiro atoms. The van der Waals surface area contributed by atoms with Gasteiger partial charge in [-0.1, -0.05) is 12.1 Å². The van der Waals surface area contributed by atoms with Crippen LogP contribution in [0.2, 0.25) is 0 Å². The summed E-state index contributed by atoms with van der Waals surface area (Å²) in [5.74, 6) is 0.851. The lowest BCUT2D eigenvalue weighted by Gasteiger charge is -2.40. The summed E-state index contributed by atoms with van der Waals surface area (Å²) in [6, 6.07) is -0.200. The first-order chi connectivity index (χ1) is 9.13. The highest BCUT2D eigenvalue weighted by Crippen LogP contribution is 2.22. The third-order valence-electron chi connectivity index (χ3n) is 4.26. The van der Waals surface area contributed by atoms with Crippen LogP contribution in [0.15, 0.2) is 5.16 Å². The topological polar surface area (TPSA) is 82.2 Å². The van der Waals surface area contributed by atoms with Gasteiger partial charge >= 0.3 is 6.03 Å². The number of hydrogen-bond donors (Lipinski definition) is 2. The quantitative estimate of drug-likeness (QED) is 0.327. The Balaban J connectivity index is 2.03. The van der Waals surface area contributed by atoms with Gasteiger partial charge in [-0.25, -0.2) is 4.79 Å². The maximum absolute atomic E-state index is 12.6. The van der Waals surface area contributed by atoms with Crippen molar-refractivity contribution in [3.63, 3.8) is 0 Å². The van der Waals surface area contributed by atoms with Crippen LogP contribution < -0.4 is 5.73 Å². The van der Waals surface area contributed by atoms with E-state index in [1.165, 1.54) is 0 Å². The molecule has 0 aromatic carbocycles. The summed E-state index contributed by atoms with van der Waals surface area (Å²) in [6.07, 6.45) is 4.92. The van der Waals surface area contributed by atoms with E-state index in [0.717, 1.165) is 45.2 Å². The van der Waals surface area contributed by atoms with Crippen molar-refractivity contribution >= 4 is 11.9 Å². The molecule has 2 aliphatic rings. The molecule has 1 atom stereocenters. The zero-order chi connectivity index (χ0) is 13.8. The van der Waals surface area contributed by atoms with Gasteiger partial charge < -0.3 is 20.7 Å². The second-order valence-electron chi connectivity index (χ2n) is 5.68. The van der Waals surface area contributed by atoms with Gasteiger partial charge in [-0.3, -0.25) is 0 Å². The van der Waals surface area contributed by atoms with Gasteiger partial charge in [0, 0.05) is 19.6 Å². The number of carbonyl (C=O) groups is 1. The van der Waals surface area contributed by atoms with Gasteiger partial charge in [-0.05, 0) is 38.0 Å². The molecule has 6 heteroatoms. The summed E-state index contributed by atoms with van der Waals surface area (Å²) in [4.78, 5) is 16.2. The average molecular weight is 268 g/mol. The summed E-state index contributed by atoms with van der Waals surface area (Å²) < 4.78 is 0. The molecule has 0 saturated carbocycles. The first-order valence-electron chi connectivity index (χ1n) is 7.16. The molecule has 0 radical (unpaired) electrons. The van der Waals surface area contributed by atoms with E-state index in [-0.39, 0.29) is 17.9 Å². The minimum absolute atomic E-state index is 0.0446. The van der Waals surface area contributed by atoms with Crippen molar-refractivity contribution in [2.24, 2.45) is 16.8 Å². The van der Waals surface area contributed by atoms with Crippen LogP contribution in [0.3, 0.4) is 0 Å². The average Bonchev–Trinajstić information content (AvgIpc) is 2.46. The molecule has 0 aromatic heterocycles. The third-order valence-corrected chi connectivity index (χ3v) is 4.26. The molecule has 2 rings (SSSR count). The smallest absolute Gasteiger partial charge is 0.320 e. The monoisotopic (exact) mass is 268 g/mol. The van der Waals surface area contributed by atoms with E-state index in [1.807, 2.05) is 4.90 Å². The number of urea groups is 1. The molecule has 1 unspecified atom stereocenters. The number of nitrogens with two attached hydrogens (primary N) is 1. The van der Waals surface area contributed by atoms with Crippen LogP contribution in [-0.2, 0) is 0 Å².